The first kappa shape index (κ1) is 16.0. The third-order valence-corrected chi connectivity index (χ3v) is 4.16. The Hall–Kier alpha value is -1.40. The van der Waals surface area contributed by atoms with Gasteiger partial charge in [-0.3, -0.25) is 0 Å². The molecule has 0 spiro atoms. The first-order chi connectivity index (χ1) is 9.63. The third kappa shape index (κ3) is 3.44. The quantitative estimate of drug-likeness (QED) is 0.881. The van der Waals surface area contributed by atoms with Gasteiger partial charge in [-0.1, -0.05) is 32.9 Å². The summed E-state index contributed by atoms with van der Waals surface area (Å²) in [6.07, 6.45) is -4.35. The number of hydrogen-bond acceptors (Lipinski definition) is 3. The Morgan fingerprint density at radius 3 is 2.33 bits per heavy atom. The lowest BCUT2D eigenvalue weighted by Gasteiger charge is -2.16. The van der Waals surface area contributed by atoms with Crippen LogP contribution in [-0.4, -0.2) is 4.98 Å². The molecule has 0 saturated carbocycles. The van der Waals surface area contributed by atoms with E-state index in [-0.39, 0.29) is 5.41 Å². The van der Waals surface area contributed by atoms with Crippen LogP contribution in [0.5, 0.6) is 0 Å². The Morgan fingerprint density at radius 1 is 1.19 bits per heavy atom. The average molecular weight is 314 g/mol. The molecule has 1 heterocycles. The van der Waals surface area contributed by atoms with E-state index in [1.807, 2.05) is 20.8 Å². The number of hydrogen-bond donors (Lipinski definition) is 1. The number of thiazole rings is 1. The molecule has 0 radical (unpaired) electrons. The normalized spacial score (nSPS) is 12.7. The van der Waals surface area contributed by atoms with Gasteiger partial charge in [0.15, 0.2) is 0 Å². The van der Waals surface area contributed by atoms with E-state index in [0.29, 0.717) is 17.1 Å². The molecule has 2 nitrogen and oxygen atoms in total. The highest BCUT2D eigenvalue weighted by atomic mass is 32.1. The molecule has 0 unspecified atom stereocenters. The standard InChI is InChI=1S/C15H17F3N2S/c1-14(2,3)12-11(8-19)21-13(20-12)9-5-4-6-10(7-9)15(16,17)18/h4-7H,8,19H2,1-3H3. The van der Waals surface area contributed by atoms with Crippen LogP contribution in [0.1, 0.15) is 36.9 Å². The van der Waals surface area contributed by atoms with Crippen molar-refractivity contribution >= 4 is 11.3 Å². The minimum Gasteiger partial charge on any atom is -0.326 e. The Morgan fingerprint density at radius 2 is 1.86 bits per heavy atom. The van der Waals surface area contributed by atoms with E-state index >= 15 is 0 Å². The average Bonchev–Trinajstić information content (AvgIpc) is 2.82. The smallest absolute Gasteiger partial charge is 0.326 e. The van der Waals surface area contributed by atoms with E-state index in [9.17, 15) is 13.2 Å². The van der Waals surface area contributed by atoms with Gasteiger partial charge in [-0.25, -0.2) is 4.98 Å². The summed E-state index contributed by atoms with van der Waals surface area (Å²) < 4.78 is 38.4. The molecule has 2 N–H and O–H groups in total. The van der Waals surface area contributed by atoms with Crippen LogP contribution < -0.4 is 5.73 Å². The third-order valence-electron chi connectivity index (χ3n) is 3.03. The summed E-state index contributed by atoms with van der Waals surface area (Å²) in [4.78, 5) is 5.43. The molecule has 0 atom stereocenters. The molecule has 0 saturated heterocycles. The minimum absolute atomic E-state index is 0.189. The molecule has 0 bridgehead atoms. The molecule has 21 heavy (non-hydrogen) atoms. The second kappa shape index (κ2) is 5.42. The number of aromatic nitrogens is 1. The predicted octanol–water partition coefficient (Wildman–Crippen LogP) is 4.59. The Balaban J connectivity index is 2.51. The van der Waals surface area contributed by atoms with Gasteiger partial charge < -0.3 is 5.73 Å². The molecule has 1 aromatic carbocycles. The lowest BCUT2D eigenvalue weighted by atomic mass is 9.91. The van der Waals surface area contributed by atoms with Crippen LogP contribution in [0, 0.1) is 0 Å². The summed E-state index contributed by atoms with van der Waals surface area (Å²) in [5.41, 5.74) is 6.20. The lowest BCUT2D eigenvalue weighted by Crippen LogP contribution is -2.15. The van der Waals surface area contributed by atoms with Crippen molar-refractivity contribution in [2.75, 3.05) is 0 Å². The first-order valence-corrected chi connectivity index (χ1v) is 7.32. The molecule has 0 aliphatic rings. The van der Waals surface area contributed by atoms with Crippen molar-refractivity contribution in [3.8, 4) is 10.6 Å². The fourth-order valence-corrected chi connectivity index (χ4v) is 3.18. The number of nitrogens with two attached hydrogens (primary N) is 1. The van der Waals surface area contributed by atoms with Crippen molar-refractivity contribution in [1.82, 2.24) is 4.98 Å². The molecule has 0 aliphatic heterocycles. The second-order valence-electron chi connectivity index (χ2n) is 5.82. The van der Waals surface area contributed by atoms with Gasteiger partial charge in [-0.05, 0) is 12.1 Å². The van der Waals surface area contributed by atoms with Gasteiger partial charge >= 0.3 is 6.18 Å². The van der Waals surface area contributed by atoms with Crippen LogP contribution >= 0.6 is 11.3 Å². The van der Waals surface area contributed by atoms with Crippen molar-refractivity contribution in [1.29, 1.82) is 0 Å². The first-order valence-electron chi connectivity index (χ1n) is 6.51. The molecule has 6 heteroatoms. The van der Waals surface area contributed by atoms with Gasteiger partial charge in [-0.15, -0.1) is 11.3 Å². The highest BCUT2D eigenvalue weighted by Gasteiger charge is 2.31. The number of alkyl halides is 3. The topological polar surface area (TPSA) is 38.9 Å². The van der Waals surface area contributed by atoms with E-state index in [2.05, 4.69) is 4.98 Å². The van der Waals surface area contributed by atoms with Gasteiger partial charge in [0, 0.05) is 22.4 Å². The van der Waals surface area contributed by atoms with Crippen LogP contribution in [-0.2, 0) is 18.1 Å². The van der Waals surface area contributed by atoms with Gasteiger partial charge in [-0.2, -0.15) is 13.2 Å². The molecule has 1 aromatic heterocycles. The van der Waals surface area contributed by atoms with E-state index in [1.54, 1.807) is 6.07 Å². The highest BCUT2D eigenvalue weighted by Crippen LogP contribution is 2.36. The summed E-state index contributed by atoms with van der Waals surface area (Å²) in [5.74, 6) is 0. The van der Waals surface area contributed by atoms with E-state index in [4.69, 9.17) is 5.73 Å². The fourth-order valence-electron chi connectivity index (χ4n) is 2.03. The maximum Gasteiger partial charge on any atom is 0.416 e. The zero-order valence-corrected chi connectivity index (χ0v) is 12.9. The monoisotopic (exact) mass is 314 g/mol. The summed E-state index contributed by atoms with van der Waals surface area (Å²) in [6.45, 7) is 6.37. The predicted molar refractivity (Wildman–Crippen MR) is 79.1 cm³/mol. The van der Waals surface area contributed by atoms with E-state index in [0.717, 1.165) is 22.7 Å². The zero-order chi connectivity index (χ0) is 15.8. The second-order valence-corrected chi connectivity index (χ2v) is 6.91. The number of rotatable bonds is 2. The molecule has 0 fully saturated rings. The van der Waals surface area contributed by atoms with Crippen molar-refractivity contribution in [2.24, 2.45) is 5.73 Å². The summed E-state index contributed by atoms with van der Waals surface area (Å²) in [6, 6.07) is 5.23. The van der Waals surface area contributed by atoms with Crippen LogP contribution in [0.25, 0.3) is 10.6 Å². The largest absolute Gasteiger partial charge is 0.416 e. The Labute approximate surface area is 125 Å². The lowest BCUT2D eigenvalue weighted by molar-refractivity contribution is -0.137. The minimum atomic E-state index is -4.35. The number of benzene rings is 1. The summed E-state index contributed by atoms with van der Waals surface area (Å²) in [7, 11) is 0. The van der Waals surface area contributed by atoms with E-state index in [1.165, 1.54) is 17.4 Å². The van der Waals surface area contributed by atoms with Gasteiger partial charge in [0.1, 0.15) is 5.01 Å². The van der Waals surface area contributed by atoms with E-state index < -0.39 is 11.7 Å². The number of nitrogens with zero attached hydrogens (tertiary/aromatic N) is 1. The Kier molecular flexibility index (Phi) is 4.13. The van der Waals surface area contributed by atoms with Gasteiger partial charge in [0.25, 0.3) is 0 Å². The van der Waals surface area contributed by atoms with Gasteiger partial charge in [0.2, 0.25) is 0 Å². The molecule has 2 rings (SSSR count). The van der Waals surface area contributed by atoms with Crippen molar-refractivity contribution in [3.05, 3.63) is 40.4 Å². The fraction of sp³-hybridized carbons (Fsp3) is 0.400. The van der Waals surface area contributed by atoms with Crippen LogP contribution in [0.2, 0.25) is 0 Å². The Bertz CT molecular complexity index is 639. The van der Waals surface area contributed by atoms with Crippen LogP contribution in [0.3, 0.4) is 0 Å². The molecular weight excluding hydrogens is 297 g/mol. The van der Waals surface area contributed by atoms with Crippen molar-refractivity contribution in [3.63, 3.8) is 0 Å². The maximum atomic E-state index is 12.8. The van der Waals surface area contributed by atoms with Crippen LogP contribution in [0.4, 0.5) is 13.2 Å². The molecule has 0 amide bonds. The summed E-state index contributed by atoms with van der Waals surface area (Å²) >= 11 is 1.36. The highest BCUT2D eigenvalue weighted by molar-refractivity contribution is 7.15. The maximum absolute atomic E-state index is 12.8. The summed E-state index contributed by atoms with van der Waals surface area (Å²) in [5, 5.41) is 0.575. The van der Waals surface area contributed by atoms with Gasteiger partial charge in [0.05, 0.1) is 11.3 Å². The SMILES string of the molecule is CC(C)(C)c1nc(-c2cccc(C(F)(F)F)c2)sc1CN. The number of halogens is 3. The molecule has 114 valence electrons. The van der Waals surface area contributed by atoms with Crippen LogP contribution in [0.15, 0.2) is 24.3 Å². The van der Waals surface area contributed by atoms with Crippen molar-refractivity contribution in [2.45, 2.75) is 38.9 Å². The van der Waals surface area contributed by atoms with Crippen molar-refractivity contribution < 1.29 is 13.2 Å². The zero-order valence-electron chi connectivity index (χ0n) is 12.1. The molecular formula is C15H17F3N2S. The molecule has 0 aliphatic carbocycles. The molecule has 2 aromatic rings.